The number of aryl methyl sites for hydroxylation is 1. The van der Waals surface area contributed by atoms with E-state index in [1.165, 1.54) is 19.4 Å². The van der Waals surface area contributed by atoms with E-state index in [9.17, 15) is 0 Å². The zero-order valence-corrected chi connectivity index (χ0v) is 8.27. The van der Waals surface area contributed by atoms with Crippen LogP contribution in [0, 0.1) is 0 Å². The Balaban J connectivity index is 1.95. The lowest BCUT2D eigenvalue weighted by molar-refractivity contribution is 0.0748. The molecular weight excluding hydrogens is 164 g/mol. The first-order valence-corrected chi connectivity index (χ1v) is 4.88. The molecule has 0 N–H and O–H groups in total. The summed E-state index contributed by atoms with van der Waals surface area (Å²) in [5, 5.41) is 4.06. The lowest BCUT2D eigenvalue weighted by Gasteiger charge is -2.40. The van der Waals surface area contributed by atoms with E-state index in [1.54, 1.807) is 6.33 Å². The molecule has 0 bridgehead atoms. The van der Waals surface area contributed by atoms with Crippen LogP contribution < -0.4 is 0 Å². The maximum atomic E-state index is 4.22. The Hall–Kier alpha value is -0.900. The molecule has 1 aromatic heterocycles. The van der Waals surface area contributed by atoms with E-state index >= 15 is 0 Å². The molecule has 0 amide bonds. The average Bonchev–Trinajstić information content (AvgIpc) is 2.46. The van der Waals surface area contributed by atoms with Crippen molar-refractivity contribution in [3.05, 3.63) is 12.2 Å². The summed E-state index contributed by atoms with van der Waals surface area (Å²) in [6, 6.07) is 0.775. The van der Waals surface area contributed by atoms with Gasteiger partial charge < -0.3 is 0 Å². The summed E-state index contributed by atoms with van der Waals surface area (Å²) in [7, 11) is 1.95. The van der Waals surface area contributed by atoms with Crippen molar-refractivity contribution in [1.29, 1.82) is 0 Å². The van der Waals surface area contributed by atoms with Gasteiger partial charge in [0.1, 0.15) is 12.2 Å². The Labute approximate surface area is 78.6 Å². The van der Waals surface area contributed by atoms with Crippen LogP contribution in [0.25, 0.3) is 0 Å². The molecule has 4 heteroatoms. The number of aromatic nitrogens is 3. The lowest BCUT2D eigenvalue weighted by Crippen LogP contribution is -2.46. The Kier molecular flexibility index (Phi) is 2.31. The number of hydrogen-bond donors (Lipinski definition) is 0. The maximum Gasteiger partial charge on any atom is 0.140 e. The van der Waals surface area contributed by atoms with Crippen molar-refractivity contribution in [2.24, 2.45) is 7.05 Å². The van der Waals surface area contributed by atoms with E-state index in [4.69, 9.17) is 0 Å². The van der Waals surface area contributed by atoms with Gasteiger partial charge in [0, 0.05) is 19.6 Å². The van der Waals surface area contributed by atoms with Crippen LogP contribution in [0.1, 0.15) is 25.6 Å². The predicted octanol–water partition coefficient (Wildman–Crippen LogP) is 0.799. The van der Waals surface area contributed by atoms with E-state index in [0.29, 0.717) is 0 Å². The van der Waals surface area contributed by atoms with Gasteiger partial charge >= 0.3 is 0 Å². The van der Waals surface area contributed by atoms with Crippen molar-refractivity contribution in [3.63, 3.8) is 0 Å². The van der Waals surface area contributed by atoms with Crippen LogP contribution in [-0.4, -0.2) is 32.3 Å². The summed E-state index contributed by atoms with van der Waals surface area (Å²) in [6.45, 7) is 4.41. The standard InChI is InChI=1S/C9H16N4/c1-3-8-4-5-13(8)6-9-10-7-11-12(9)2/h7-8H,3-6H2,1-2H3. The summed E-state index contributed by atoms with van der Waals surface area (Å²) in [5.41, 5.74) is 0. The number of hydrogen-bond acceptors (Lipinski definition) is 3. The normalized spacial score (nSPS) is 23.1. The Morgan fingerprint density at radius 1 is 1.62 bits per heavy atom. The van der Waals surface area contributed by atoms with Gasteiger partial charge in [0.15, 0.2) is 0 Å². The Bertz CT molecular complexity index is 279. The molecule has 1 aromatic rings. The van der Waals surface area contributed by atoms with Gasteiger partial charge in [0.2, 0.25) is 0 Å². The molecule has 1 saturated heterocycles. The van der Waals surface area contributed by atoms with E-state index in [2.05, 4.69) is 21.9 Å². The molecule has 0 radical (unpaired) electrons. The molecule has 1 fully saturated rings. The smallest absolute Gasteiger partial charge is 0.140 e. The quantitative estimate of drug-likeness (QED) is 0.690. The van der Waals surface area contributed by atoms with Gasteiger partial charge in [0.25, 0.3) is 0 Å². The summed E-state index contributed by atoms with van der Waals surface area (Å²) < 4.78 is 1.85. The highest BCUT2D eigenvalue weighted by Gasteiger charge is 2.26. The molecule has 1 aliphatic rings. The first kappa shape index (κ1) is 8.69. The maximum absolute atomic E-state index is 4.22. The fraction of sp³-hybridized carbons (Fsp3) is 0.778. The van der Waals surface area contributed by atoms with Crippen molar-refractivity contribution in [1.82, 2.24) is 19.7 Å². The molecule has 0 spiro atoms. The van der Waals surface area contributed by atoms with Gasteiger partial charge in [-0.25, -0.2) is 4.98 Å². The lowest BCUT2D eigenvalue weighted by atomic mass is 10.0. The molecule has 72 valence electrons. The van der Waals surface area contributed by atoms with Gasteiger partial charge in [-0.3, -0.25) is 9.58 Å². The summed E-state index contributed by atoms with van der Waals surface area (Å²) in [6.07, 6.45) is 4.21. The molecule has 0 aromatic carbocycles. The van der Waals surface area contributed by atoms with E-state index < -0.39 is 0 Å². The van der Waals surface area contributed by atoms with Gasteiger partial charge in [-0.05, 0) is 12.8 Å². The molecule has 0 saturated carbocycles. The van der Waals surface area contributed by atoms with Crippen LogP contribution in [0.2, 0.25) is 0 Å². The molecule has 2 rings (SSSR count). The highest BCUT2D eigenvalue weighted by molar-refractivity contribution is 4.89. The fourth-order valence-corrected chi connectivity index (χ4v) is 1.81. The van der Waals surface area contributed by atoms with E-state index in [1.807, 2.05) is 11.7 Å². The average molecular weight is 180 g/mol. The SMILES string of the molecule is CCC1CCN1Cc1ncnn1C. The van der Waals surface area contributed by atoms with Crippen molar-refractivity contribution < 1.29 is 0 Å². The molecule has 2 heterocycles. The molecular formula is C9H16N4. The second kappa shape index (κ2) is 3.46. The van der Waals surface area contributed by atoms with Gasteiger partial charge in [-0.2, -0.15) is 5.10 Å². The highest BCUT2D eigenvalue weighted by atomic mass is 15.3. The van der Waals surface area contributed by atoms with Gasteiger partial charge in [-0.1, -0.05) is 6.92 Å². The minimum atomic E-state index is 0.775. The monoisotopic (exact) mass is 180 g/mol. The highest BCUT2D eigenvalue weighted by Crippen LogP contribution is 2.21. The minimum absolute atomic E-state index is 0.775. The van der Waals surface area contributed by atoms with Crippen LogP contribution in [0.4, 0.5) is 0 Å². The van der Waals surface area contributed by atoms with Crippen LogP contribution in [0.5, 0.6) is 0 Å². The zero-order valence-electron chi connectivity index (χ0n) is 8.27. The molecule has 1 aliphatic heterocycles. The molecule has 1 atom stereocenters. The van der Waals surface area contributed by atoms with Crippen LogP contribution >= 0.6 is 0 Å². The molecule has 13 heavy (non-hydrogen) atoms. The first-order chi connectivity index (χ1) is 6.31. The minimum Gasteiger partial charge on any atom is -0.293 e. The Morgan fingerprint density at radius 2 is 2.46 bits per heavy atom. The fourth-order valence-electron chi connectivity index (χ4n) is 1.81. The van der Waals surface area contributed by atoms with Crippen molar-refractivity contribution in [2.45, 2.75) is 32.4 Å². The molecule has 1 unspecified atom stereocenters. The largest absolute Gasteiger partial charge is 0.293 e. The van der Waals surface area contributed by atoms with Crippen LogP contribution in [0.15, 0.2) is 6.33 Å². The van der Waals surface area contributed by atoms with Crippen molar-refractivity contribution >= 4 is 0 Å². The summed E-state index contributed by atoms with van der Waals surface area (Å²) in [5.74, 6) is 1.07. The Morgan fingerprint density at radius 3 is 2.92 bits per heavy atom. The van der Waals surface area contributed by atoms with Gasteiger partial charge in [0.05, 0.1) is 6.54 Å². The molecule has 0 aliphatic carbocycles. The van der Waals surface area contributed by atoms with Crippen LogP contribution in [0.3, 0.4) is 0 Å². The van der Waals surface area contributed by atoms with Crippen molar-refractivity contribution in [2.75, 3.05) is 6.54 Å². The summed E-state index contributed by atoms with van der Waals surface area (Å²) >= 11 is 0. The molecule has 4 nitrogen and oxygen atoms in total. The number of likely N-dealkylation sites (tertiary alicyclic amines) is 1. The zero-order chi connectivity index (χ0) is 9.26. The topological polar surface area (TPSA) is 34.0 Å². The van der Waals surface area contributed by atoms with Gasteiger partial charge in [-0.15, -0.1) is 0 Å². The van der Waals surface area contributed by atoms with E-state index in [0.717, 1.165) is 18.4 Å². The number of rotatable bonds is 3. The second-order valence-electron chi connectivity index (χ2n) is 3.62. The third kappa shape index (κ3) is 1.58. The van der Waals surface area contributed by atoms with E-state index in [-0.39, 0.29) is 0 Å². The predicted molar refractivity (Wildman–Crippen MR) is 50.1 cm³/mol. The third-order valence-electron chi connectivity index (χ3n) is 2.89. The summed E-state index contributed by atoms with van der Waals surface area (Å²) in [4.78, 5) is 6.68. The number of nitrogens with zero attached hydrogens (tertiary/aromatic N) is 4. The van der Waals surface area contributed by atoms with Crippen molar-refractivity contribution in [3.8, 4) is 0 Å². The third-order valence-corrected chi connectivity index (χ3v) is 2.89. The van der Waals surface area contributed by atoms with Crippen LogP contribution in [-0.2, 0) is 13.6 Å². The second-order valence-corrected chi connectivity index (χ2v) is 3.62. The first-order valence-electron chi connectivity index (χ1n) is 4.88.